The Balaban J connectivity index is 2.23. The normalized spacial score (nSPS) is 27.9. The molecule has 0 radical (unpaired) electrons. The Hall–Kier alpha value is -0.860. The van der Waals surface area contributed by atoms with Crippen LogP contribution in [-0.2, 0) is 5.54 Å². The minimum atomic E-state index is 0.0789. The van der Waals surface area contributed by atoms with Gasteiger partial charge in [0.25, 0.3) is 0 Å². The predicted octanol–water partition coefficient (Wildman–Crippen LogP) is 3.77. The number of nitrogens with one attached hydrogen (secondary N) is 1. The minimum Gasteiger partial charge on any atom is -0.305 e. The van der Waals surface area contributed by atoms with E-state index >= 15 is 0 Å². The SMILES string of the molecule is CCC(CC)N1CC(C)(c2ccccc2)NCC1CC. The van der Waals surface area contributed by atoms with Gasteiger partial charge in [0.05, 0.1) is 5.54 Å². The smallest absolute Gasteiger partial charge is 0.0535 e. The maximum Gasteiger partial charge on any atom is 0.0535 e. The van der Waals surface area contributed by atoms with Crippen molar-refractivity contribution in [2.24, 2.45) is 0 Å². The lowest BCUT2D eigenvalue weighted by Gasteiger charge is -2.49. The highest BCUT2D eigenvalue weighted by Gasteiger charge is 2.38. The molecule has 0 spiro atoms. The Morgan fingerprint density at radius 2 is 1.85 bits per heavy atom. The van der Waals surface area contributed by atoms with E-state index in [2.05, 4.69) is 68.2 Å². The van der Waals surface area contributed by atoms with E-state index in [0.29, 0.717) is 12.1 Å². The van der Waals surface area contributed by atoms with E-state index in [1.165, 1.54) is 24.8 Å². The van der Waals surface area contributed by atoms with E-state index in [-0.39, 0.29) is 5.54 Å². The molecule has 1 aromatic rings. The van der Waals surface area contributed by atoms with Gasteiger partial charge in [-0.3, -0.25) is 4.90 Å². The predicted molar refractivity (Wildman–Crippen MR) is 87.0 cm³/mol. The molecule has 0 aliphatic carbocycles. The Morgan fingerprint density at radius 3 is 2.40 bits per heavy atom. The Kier molecular flexibility index (Phi) is 5.22. The van der Waals surface area contributed by atoms with Crippen molar-refractivity contribution < 1.29 is 0 Å². The average molecular weight is 274 g/mol. The monoisotopic (exact) mass is 274 g/mol. The highest BCUT2D eigenvalue weighted by Crippen LogP contribution is 2.29. The largest absolute Gasteiger partial charge is 0.305 e. The van der Waals surface area contributed by atoms with Gasteiger partial charge in [-0.15, -0.1) is 0 Å². The molecule has 0 aromatic heterocycles. The second kappa shape index (κ2) is 6.73. The molecule has 2 heteroatoms. The molecular formula is C18H30N2. The summed E-state index contributed by atoms with van der Waals surface area (Å²) in [6, 6.07) is 12.3. The van der Waals surface area contributed by atoms with Crippen molar-refractivity contribution in [2.75, 3.05) is 13.1 Å². The third kappa shape index (κ3) is 3.07. The summed E-state index contributed by atoms with van der Waals surface area (Å²) in [5.41, 5.74) is 1.49. The maximum atomic E-state index is 3.80. The molecule has 20 heavy (non-hydrogen) atoms. The molecule has 0 saturated carbocycles. The van der Waals surface area contributed by atoms with Gasteiger partial charge in [0.1, 0.15) is 0 Å². The van der Waals surface area contributed by atoms with E-state index < -0.39 is 0 Å². The van der Waals surface area contributed by atoms with Crippen LogP contribution in [0.15, 0.2) is 30.3 Å². The highest BCUT2D eigenvalue weighted by atomic mass is 15.3. The number of nitrogens with zero attached hydrogens (tertiary/aromatic N) is 1. The van der Waals surface area contributed by atoms with Gasteiger partial charge in [-0.2, -0.15) is 0 Å². The van der Waals surface area contributed by atoms with Crippen molar-refractivity contribution in [3.63, 3.8) is 0 Å². The van der Waals surface area contributed by atoms with Crippen LogP contribution in [0.5, 0.6) is 0 Å². The van der Waals surface area contributed by atoms with Gasteiger partial charge in [-0.25, -0.2) is 0 Å². The standard InChI is InChI=1S/C18H30N2/c1-5-16(6-2)20-14-18(4,19-13-17(20)7-3)15-11-9-8-10-12-15/h8-12,16-17,19H,5-7,13-14H2,1-4H3. The van der Waals surface area contributed by atoms with Crippen LogP contribution in [0.1, 0.15) is 52.5 Å². The van der Waals surface area contributed by atoms with Crippen LogP contribution in [0.2, 0.25) is 0 Å². The first-order chi connectivity index (χ1) is 9.64. The van der Waals surface area contributed by atoms with E-state index in [0.717, 1.165) is 13.1 Å². The van der Waals surface area contributed by atoms with Crippen molar-refractivity contribution in [1.82, 2.24) is 10.2 Å². The zero-order chi connectivity index (χ0) is 14.6. The van der Waals surface area contributed by atoms with E-state index in [1.54, 1.807) is 0 Å². The van der Waals surface area contributed by atoms with Crippen LogP contribution < -0.4 is 5.32 Å². The molecule has 1 N–H and O–H groups in total. The fraction of sp³-hybridized carbons (Fsp3) is 0.667. The first kappa shape index (κ1) is 15.5. The van der Waals surface area contributed by atoms with Gasteiger partial charge >= 0.3 is 0 Å². The lowest BCUT2D eigenvalue weighted by atomic mass is 9.86. The lowest BCUT2D eigenvalue weighted by Crippen LogP contribution is -2.63. The number of hydrogen-bond donors (Lipinski definition) is 1. The summed E-state index contributed by atoms with van der Waals surface area (Å²) in [5, 5.41) is 3.80. The van der Waals surface area contributed by atoms with Crippen LogP contribution in [-0.4, -0.2) is 30.1 Å². The average Bonchev–Trinajstić information content (AvgIpc) is 2.50. The van der Waals surface area contributed by atoms with Crippen LogP contribution in [0.3, 0.4) is 0 Å². The summed E-state index contributed by atoms with van der Waals surface area (Å²) in [7, 11) is 0. The fourth-order valence-corrected chi connectivity index (χ4v) is 3.57. The molecule has 1 saturated heterocycles. The number of piperazine rings is 1. The minimum absolute atomic E-state index is 0.0789. The van der Waals surface area contributed by atoms with Gasteiger partial charge in [0, 0.05) is 25.2 Å². The summed E-state index contributed by atoms with van der Waals surface area (Å²) < 4.78 is 0. The Bertz CT molecular complexity index is 392. The van der Waals surface area contributed by atoms with E-state index in [1.807, 2.05) is 0 Å². The number of hydrogen-bond acceptors (Lipinski definition) is 2. The zero-order valence-electron chi connectivity index (χ0n) is 13.5. The molecular weight excluding hydrogens is 244 g/mol. The molecule has 1 fully saturated rings. The third-order valence-corrected chi connectivity index (χ3v) is 4.99. The molecule has 0 bridgehead atoms. The van der Waals surface area contributed by atoms with Crippen molar-refractivity contribution in [3.8, 4) is 0 Å². The molecule has 1 aliphatic rings. The quantitative estimate of drug-likeness (QED) is 0.879. The van der Waals surface area contributed by atoms with E-state index in [4.69, 9.17) is 0 Å². The topological polar surface area (TPSA) is 15.3 Å². The zero-order valence-corrected chi connectivity index (χ0v) is 13.5. The molecule has 0 amide bonds. The van der Waals surface area contributed by atoms with Gasteiger partial charge in [-0.1, -0.05) is 51.1 Å². The molecule has 1 aliphatic heterocycles. The summed E-state index contributed by atoms with van der Waals surface area (Å²) in [6.07, 6.45) is 3.73. The maximum absolute atomic E-state index is 3.80. The highest BCUT2D eigenvalue weighted by molar-refractivity contribution is 5.25. The lowest BCUT2D eigenvalue weighted by molar-refractivity contribution is 0.0406. The summed E-state index contributed by atoms with van der Waals surface area (Å²) in [5.74, 6) is 0. The second-order valence-corrected chi connectivity index (χ2v) is 6.28. The first-order valence-corrected chi connectivity index (χ1v) is 8.20. The van der Waals surface area contributed by atoms with Crippen LogP contribution in [0.4, 0.5) is 0 Å². The van der Waals surface area contributed by atoms with Crippen LogP contribution in [0.25, 0.3) is 0 Å². The molecule has 1 heterocycles. The molecule has 2 rings (SSSR count). The molecule has 2 unspecified atom stereocenters. The van der Waals surface area contributed by atoms with Crippen molar-refractivity contribution in [2.45, 2.75) is 64.6 Å². The van der Waals surface area contributed by atoms with Crippen molar-refractivity contribution in [3.05, 3.63) is 35.9 Å². The molecule has 2 nitrogen and oxygen atoms in total. The number of rotatable bonds is 5. The fourth-order valence-electron chi connectivity index (χ4n) is 3.57. The van der Waals surface area contributed by atoms with Crippen LogP contribution >= 0.6 is 0 Å². The summed E-state index contributed by atoms with van der Waals surface area (Å²) in [6.45, 7) is 11.5. The van der Waals surface area contributed by atoms with E-state index in [9.17, 15) is 0 Å². The van der Waals surface area contributed by atoms with Crippen molar-refractivity contribution in [1.29, 1.82) is 0 Å². The van der Waals surface area contributed by atoms with Gasteiger partial charge < -0.3 is 5.32 Å². The van der Waals surface area contributed by atoms with Crippen molar-refractivity contribution >= 4 is 0 Å². The first-order valence-electron chi connectivity index (χ1n) is 8.20. The summed E-state index contributed by atoms with van der Waals surface area (Å²) in [4.78, 5) is 2.75. The Morgan fingerprint density at radius 1 is 1.20 bits per heavy atom. The second-order valence-electron chi connectivity index (χ2n) is 6.28. The molecule has 2 atom stereocenters. The molecule has 112 valence electrons. The third-order valence-electron chi connectivity index (χ3n) is 4.99. The van der Waals surface area contributed by atoms with Gasteiger partial charge in [-0.05, 0) is 31.7 Å². The summed E-state index contributed by atoms with van der Waals surface area (Å²) >= 11 is 0. The molecule has 1 aromatic carbocycles. The van der Waals surface area contributed by atoms with Gasteiger partial charge in [0.15, 0.2) is 0 Å². The Labute approximate surface area is 124 Å². The van der Waals surface area contributed by atoms with Crippen LogP contribution in [0, 0.1) is 0 Å². The number of benzene rings is 1. The van der Waals surface area contributed by atoms with Gasteiger partial charge in [0.2, 0.25) is 0 Å².